The lowest BCUT2D eigenvalue weighted by atomic mass is 10.1. The Bertz CT molecular complexity index is 918. The molecular formula is C21H19N3O2. The first-order valence-electron chi connectivity index (χ1n) is 8.17. The normalized spacial score (nSPS) is 11.5. The molecule has 130 valence electrons. The van der Waals surface area contributed by atoms with Crippen molar-refractivity contribution < 1.29 is 10.2 Å². The maximum absolute atomic E-state index is 10.0. The summed E-state index contributed by atoms with van der Waals surface area (Å²) in [5.41, 5.74) is 2.84. The maximum Gasteiger partial charge on any atom is 0.154 e. The zero-order chi connectivity index (χ0) is 18.5. The number of phenols is 2. The molecule has 0 atom stereocenters. The number of phenolic OH excluding ortho intramolecular Hbond substituents is 2. The Morgan fingerprint density at radius 3 is 1.58 bits per heavy atom. The first-order valence-corrected chi connectivity index (χ1v) is 8.17. The number of pyridine rings is 1. The minimum absolute atomic E-state index is 0.209. The molecule has 0 radical (unpaired) electrons. The highest BCUT2D eigenvalue weighted by Crippen LogP contribution is 2.22. The Morgan fingerprint density at radius 2 is 1.12 bits per heavy atom. The number of aromatic nitrogens is 1. The van der Waals surface area contributed by atoms with E-state index in [1.807, 2.05) is 38.1 Å². The Balaban J connectivity index is 1.82. The van der Waals surface area contributed by atoms with Gasteiger partial charge in [-0.2, -0.15) is 0 Å². The van der Waals surface area contributed by atoms with Crippen LogP contribution in [0.1, 0.15) is 22.3 Å². The molecule has 5 nitrogen and oxygen atoms in total. The molecule has 0 unspecified atom stereocenters. The molecule has 3 aromatic rings. The number of benzene rings is 2. The first kappa shape index (κ1) is 17.4. The second-order valence-electron chi connectivity index (χ2n) is 5.90. The number of para-hydroxylation sites is 2. The molecule has 0 aliphatic carbocycles. The average Bonchev–Trinajstić information content (AvgIpc) is 2.64. The van der Waals surface area contributed by atoms with Crippen molar-refractivity contribution in [3.8, 4) is 11.5 Å². The van der Waals surface area contributed by atoms with Crippen molar-refractivity contribution in [2.45, 2.75) is 13.8 Å². The van der Waals surface area contributed by atoms with Gasteiger partial charge in [0.25, 0.3) is 0 Å². The van der Waals surface area contributed by atoms with Gasteiger partial charge in [0.2, 0.25) is 0 Å². The van der Waals surface area contributed by atoms with Gasteiger partial charge in [0.1, 0.15) is 11.5 Å². The summed E-state index contributed by atoms with van der Waals surface area (Å²) in [6.07, 6.45) is 3.15. The predicted molar refractivity (Wildman–Crippen MR) is 104 cm³/mol. The van der Waals surface area contributed by atoms with Crippen molar-refractivity contribution in [2.75, 3.05) is 0 Å². The van der Waals surface area contributed by atoms with E-state index in [1.54, 1.807) is 42.8 Å². The van der Waals surface area contributed by atoms with Crippen LogP contribution in [0, 0.1) is 13.8 Å². The van der Waals surface area contributed by atoms with E-state index < -0.39 is 0 Å². The molecule has 0 aliphatic heterocycles. The van der Waals surface area contributed by atoms with E-state index in [0.29, 0.717) is 22.8 Å². The molecule has 0 bridgehead atoms. The third kappa shape index (κ3) is 3.95. The van der Waals surface area contributed by atoms with Crippen LogP contribution in [0.25, 0.3) is 0 Å². The summed E-state index contributed by atoms with van der Waals surface area (Å²) in [7, 11) is 0. The van der Waals surface area contributed by atoms with Crippen LogP contribution in [0.15, 0.2) is 64.6 Å². The highest BCUT2D eigenvalue weighted by atomic mass is 16.3. The smallest absolute Gasteiger partial charge is 0.154 e. The topological polar surface area (TPSA) is 78.1 Å². The number of hydrogen-bond donors (Lipinski definition) is 2. The largest absolute Gasteiger partial charge is 0.507 e. The number of aromatic hydroxyl groups is 2. The summed E-state index contributed by atoms with van der Waals surface area (Å²) in [4.78, 5) is 13.0. The fraction of sp³-hybridized carbons (Fsp3) is 0.0952. The maximum atomic E-state index is 10.0. The van der Waals surface area contributed by atoms with Gasteiger partial charge in [0, 0.05) is 23.6 Å². The second-order valence-corrected chi connectivity index (χ2v) is 5.90. The van der Waals surface area contributed by atoms with Gasteiger partial charge in [-0.1, -0.05) is 30.3 Å². The molecule has 0 spiro atoms. The minimum atomic E-state index is 0.209. The van der Waals surface area contributed by atoms with Gasteiger partial charge in [-0.3, -0.25) is 0 Å². The fourth-order valence-corrected chi connectivity index (χ4v) is 2.40. The summed E-state index contributed by atoms with van der Waals surface area (Å²) in [6, 6.07) is 16.3. The molecular weight excluding hydrogens is 326 g/mol. The monoisotopic (exact) mass is 345 g/mol. The summed E-state index contributed by atoms with van der Waals surface area (Å²) in [6.45, 7) is 3.67. The molecule has 0 saturated heterocycles. The average molecular weight is 345 g/mol. The van der Waals surface area contributed by atoms with Gasteiger partial charge in [-0.05, 0) is 49.2 Å². The molecule has 1 aromatic heterocycles. The third-order valence-electron chi connectivity index (χ3n) is 3.93. The molecule has 2 aromatic carbocycles. The van der Waals surface area contributed by atoms with Gasteiger partial charge >= 0.3 is 0 Å². The zero-order valence-corrected chi connectivity index (χ0v) is 14.6. The lowest BCUT2D eigenvalue weighted by Crippen LogP contribution is -1.86. The molecule has 3 rings (SSSR count). The van der Waals surface area contributed by atoms with E-state index in [-0.39, 0.29) is 11.5 Å². The number of aliphatic imine (C=N–C) groups is 2. The molecule has 0 amide bonds. The summed E-state index contributed by atoms with van der Waals surface area (Å²) < 4.78 is 0. The Kier molecular flexibility index (Phi) is 5.08. The molecule has 0 aliphatic rings. The van der Waals surface area contributed by atoms with Gasteiger partial charge < -0.3 is 10.2 Å². The standard InChI is InChI=1S/C21H19N3O2/c1-14-6-3-8-16(20(14)25)12-22-18-10-5-11-19(24-18)23-13-17-9-4-7-15(2)21(17)26/h3-13,25-26H,1-2H3. The van der Waals surface area contributed by atoms with Crippen LogP contribution in [0.2, 0.25) is 0 Å². The Labute approximate surface area is 152 Å². The zero-order valence-electron chi connectivity index (χ0n) is 14.6. The predicted octanol–water partition coefficient (Wildman–Crippen LogP) is 4.61. The Hall–Kier alpha value is -3.47. The lowest BCUT2D eigenvalue weighted by molar-refractivity contribution is 0.470. The summed E-state index contributed by atoms with van der Waals surface area (Å²) in [5.74, 6) is 1.38. The first-order chi connectivity index (χ1) is 12.5. The SMILES string of the molecule is Cc1cccc(C=Nc2cccc(N=Cc3cccc(C)c3O)n2)c1O. The van der Waals surface area contributed by atoms with Gasteiger partial charge in [-0.15, -0.1) is 0 Å². The van der Waals surface area contributed by atoms with E-state index in [1.165, 1.54) is 0 Å². The quantitative estimate of drug-likeness (QED) is 0.678. The molecule has 2 N–H and O–H groups in total. The van der Waals surface area contributed by atoms with Crippen LogP contribution in [0.5, 0.6) is 11.5 Å². The highest BCUT2D eigenvalue weighted by Gasteiger charge is 2.02. The van der Waals surface area contributed by atoms with Crippen LogP contribution < -0.4 is 0 Å². The molecule has 0 saturated carbocycles. The van der Waals surface area contributed by atoms with Crippen molar-refractivity contribution in [1.82, 2.24) is 4.98 Å². The number of aryl methyl sites for hydroxylation is 2. The number of nitrogens with zero attached hydrogens (tertiary/aromatic N) is 3. The number of hydrogen-bond acceptors (Lipinski definition) is 5. The van der Waals surface area contributed by atoms with Crippen molar-refractivity contribution in [3.63, 3.8) is 0 Å². The summed E-state index contributed by atoms with van der Waals surface area (Å²) >= 11 is 0. The molecule has 0 fully saturated rings. The van der Waals surface area contributed by atoms with Gasteiger partial charge in [0.05, 0.1) is 0 Å². The van der Waals surface area contributed by atoms with Crippen LogP contribution in [0.4, 0.5) is 11.6 Å². The van der Waals surface area contributed by atoms with Crippen LogP contribution in [-0.2, 0) is 0 Å². The van der Waals surface area contributed by atoms with Crippen LogP contribution in [-0.4, -0.2) is 27.6 Å². The van der Waals surface area contributed by atoms with Crippen molar-refractivity contribution >= 4 is 24.1 Å². The van der Waals surface area contributed by atoms with Gasteiger partial charge in [-0.25, -0.2) is 15.0 Å². The van der Waals surface area contributed by atoms with Crippen molar-refractivity contribution in [1.29, 1.82) is 0 Å². The van der Waals surface area contributed by atoms with Crippen LogP contribution >= 0.6 is 0 Å². The molecule has 26 heavy (non-hydrogen) atoms. The van der Waals surface area contributed by atoms with E-state index in [0.717, 1.165) is 11.1 Å². The summed E-state index contributed by atoms with van der Waals surface area (Å²) in [5, 5.41) is 20.1. The van der Waals surface area contributed by atoms with E-state index >= 15 is 0 Å². The number of rotatable bonds is 4. The second kappa shape index (κ2) is 7.61. The molecule has 5 heteroatoms. The molecule has 1 heterocycles. The fourth-order valence-electron chi connectivity index (χ4n) is 2.40. The van der Waals surface area contributed by atoms with Crippen LogP contribution in [0.3, 0.4) is 0 Å². The van der Waals surface area contributed by atoms with Crippen molar-refractivity contribution in [2.24, 2.45) is 9.98 Å². The lowest BCUT2D eigenvalue weighted by Gasteiger charge is -2.02. The third-order valence-corrected chi connectivity index (χ3v) is 3.93. The van der Waals surface area contributed by atoms with E-state index in [4.69, 9.17) is 0 Å². The van der Waals surface area contributed by atoms with E-state index in [2.05, 4.69) is 15.0 Å². The minimum Gasteiger partial charge on any atom is -0.507 e. The van der Waals surface area contributed by atoms with Crippen molar-refractivity contribution in [3.05, 3.63) is 76.9 Å². The van der Waals surface area contributed by atoms with Gasteiger partial charge in [0.15, 0.2) is 11.6 Å². The Morgan fingerprint density at radius 1 is 0.692 bits per heavy atom. The van der Waals surface area contributed by atoms with E-state index in [9.17, 15) is 10.2 Å². The highest BCUT2D eigenvalue weighted by molar-refractivity contribution is 5.86.